The van der Waals surface area contributed by atoms with Crippen molar-refractivity contribution in [1.82, 2.24) is 10.2 Å². The molecule has 1 unspecified atom stereocenters. The second-order valence-corrected chi connectivity index (χ2v) is 12.9. The Morgan fingerprint density at radius 1 is 0.950 bits per heavy atom. The van der Waals surface area contributed by atoms with Crippen molar-refractivity contribution in [2.24, 2.45) is 0 Å². The molecule has 1 saturated carbocycles. The Bertz CT molecular complexity index is 1460. The Morgan fingerprint density at radius 3 is 2.27 bits per heavy atom. The fourth-order valence-corrected chi connectivity index (χ4v) is 6.60. The molecule has 1 aliphatic carbocycles. The molecule has 1 atom stereocenters. The van der Waals surface area contributed by atoms with Crippen molar-refractivity contribution < 1.29 is 18.0 Å². The Labute approximate surface area is 246 Å². The average molecular weight is 603 g/mol. The van der Waals surface area contributed by atoms with Crippen LogP contribution in [0.3, 0.4) is 0 Å². The van der Waals surface area contributed by atoms with Crippen LogP contribution in [0.1, 0.15) is 43.7 Å². The average Bonchev–Trinajstić information content (AvgIpc) is 3.43. The number of hydrogen-bond acceptors (Lipinski definition) is 4. The van der Waals surface area contributed by atoms with Gasteiger partial charge in [0.05, 0.1) is 10.6 Å². The van der Waals surface area contributed by atoms with Crippen molar-refractivity contribution >= 4 is 50.7 Å². The summed E-state index contributed by atoms with van der Waals surface area (Å²) < 4.78 is 28.8. The van der Waals surface area contributed by atoms with Crippen LogP contribution in [0.2, 0.25) is 10.0 Å². The molecule has 3 aromatic rings. The second-order valence-electron chi connectivity index (χ2n) is 10.1. The number of nitrogens with zero attached hydrogens (tertiary/aromatic N) is 2. The fraction of sp³-hybridized carbons (Fsp3) is 0.333. The van der Waals surface area contributed by atoms with Crippen LogP contribution >= 0.6 is 23.2 Å². The summed E-state index contributed by atoms with van der Waals surface area (Å²) in [5, 5.41) is 3.96. The van der Waals surface area contributed by atoms with Gasteiger partial charge in [0.15, 0.2) is 0 Å². The Balaban J connectivity index is 1.69. The van der Waals surface area contributed by atoms with Gasteiger partial charge in [-0.3, -0.25) is 13.9 Å². The standard InChI is InChI=1S/C30H33Cl2N3O4S/c1-21-7-5-12-27(17-21)35(40(38,39)28-15-13-24(31)14-16-28)20-29(36)34(19-23-8-6-9-25(32)18-23)22(2)30(37)33-26-10-3-4-11-26/h5-9,12-18,22,26H,3-4,10-11,19-20H2,1-2H3,(H,33,37). The van der Waals surface area contributed by atoms with Crippen LogP contribution in [0.25, 0.3) is 0 Å². The van der Waals surface area contributed by atoms with Crippen LogP contribution in [0.5, 0.6) is 0 Å². The second kappa shape index (κ2) is 13.1. The largest absolute Gasteiger partial charge is 0.352 e. The molecule has 0 heterocycles. The van der Waals surface area contributed by atoms with E-state index in [-0.39, 0.29) is 23.4 Å². The molecule has 0 saturated heterocycles. The van der Waals surface area contributed by atoms with E-state index in [0.717, 1.165) is 41.1 Å². The summed E-state index contributed by atoms with van der Waals surface area (Å²) >= 11 is 12.2. The van der Waals surface area contributed by atoms with Gasteiger partial charge in [-0.05, 0) is 86.3 Å². The zero-order valence-corrected chi connectivity index (χ0v) is 24.8. The lowest BCUT2D eigenvalue weighted by Gasteiger charge is -2.32. The maximum Gasteiger partial charge on any atom is 0.264 e. The fourth-order valence-electron chi connectivity index (χ4n) is 4.85. The molecule has 0 aromatic heterocycles. The monoisotopic (exact) mass is 601 g/mol. The highest BCUT2D eigenvalue weighted by atomic mass is 35.5. The first-order chi connectivity index (χ1) is 19.0. The summed E-state index contributed by atoms with van der Waals surface area (Å²) in [6.45, 7) is 3.09. The summed E-state index contributed by atoms with van der Waals surface area (Å²) in [4.78, 5) is 28.7. The van der Waals surface area contributed by atoms with Crippen molar-refractivity contribution in [1.29, 1.82) is 0 Å². The van der Waals surface area contributed by atoms with Crippen LogP contribution in [0.4, 0.5) is 5.69 Å². The lowest BCUT2D eigenvalue weighted by Crippen LogP contribution is -2.52. The van der Waals surface area contributed by atoms with Crippen LogP contribution in [0.15, 0.2) is 77.7 Å². The van der Waals surface area contributed by atoms with Crippen LogP contribution < -0.4 is 9.62 Å². The molecule has 0 bridgehead atoms. The number of amides is 2. The topological polar surface area (TPSA) is 86.8 Å². The minimum atomic E-state index is -4.15. The zero-order valence-electron chi connectivity index (χ0n) is 22.5. The molecule has 7 nitrogen and oxygen atoms in total. The van der Waals surface area contributed by atoms with E-state index in [9.17, 15) is 18.0 Å². The molecule has 1 N–H and O–H groups in total. The molecular formula is C30H33Cl2N3O4S. The third-order valence-electron chi connectivity index (χ3n) is 7.08. The third kappa shape index (κ3) is 7.36. The number of halogens is 2. The smallest absolute Gasteiger partial charge is 0.264 e. The van der Waals surface area contributed by atoms with Gasteiger partial charge in [0, 0.05) is 22.6 Å². The summed E-state index contributed by atoms with van der Waals surface area (Å²) in [5.74, 6) is -0.793. The van der Waals surface area contributed by atoms with E-state index in [2.05, 4.69) is 5.32 Å². The molecule has 2 amide bonds. The molecule has 40 heavy (non-hydrogen) atoms. The molecule has 3 aromatic carbocycles. The Kier molecular flexibility index (Phi) is 9.77. The number of carbonyl (C=O) groups is 2. The van der Waals surface area contributed by atoms with Gasteiger partial charge in [-0.2, -0.15) is 0 Å². The Morgan fingerprint density at radius 2 is 1.62 bits per heavy atom. The lowest BCUT2D eigenvalue weighted by atomic mass is 10.1. The summed E-state index contributed by atoms with van der Waals surface area (Å²) in [6.07, 6.45) is 3.92. The summed E-state index contributed by atoms with van der Waals surface area (Å²) in [6, 6.07) is 19.0. The normalized spacial score (nSPS) is 14.5. The van der Waals surface area contributed by atoms with Gasteiger partial charge in [-0.15, -0.1) is 0 Å². The van der Waals surface area contributed by atoms with Gasteiger partial charge in [0.1, 0.15) is 12.6 Å². The van der Waals surface area contributed by atoms with E-state index >= 15 is 0 Å². The molecule has 212 valence electrons. The number of hydrogen-bond donors (Lipinski definition) is 1. The maximum absolute atomic E-state index is 14.0. The number of anilines is 1. The molecule has 10 heteroatoms. The summed E-state index contributed by atoms with van der Waals surface area (Å²) in [5.41, 5.74) is 1.90. The number of carbonyl (C=O) groups excluding carboxylic acids is 2. The summed E-state index contributed by atoms with van der Waals surface area (Å²) in [7, 11) is -4.15. The van der Waals surface area contributed by atoms with E-state index in [1.807, 2.05) is 19.1 Å². The zero-order chi connectivity index (χ0) is 28.9. The number of aryl methyl sites for hydroxylation is 1. The number of rotatable bonds is 10. The van der Waals surface area contributed by atoms with Crippen molar-refractivity contribution in [3.8, 4) is 0 Å². The van der Waals surface area contributed by atoms with Crippen molar-refractivity contribution in [3.63, 3.8) is 0 Å². The van der Waals surface area contributed by atoms with Crippen LogP contribution in [-0.4, -0.2) is 43.8 Å². The van der Waals surface area contributed by atoms with Crippen molar-refractivity contribution in [2.75, 3.05) is 10.8 Å². The first-order valence-corrected chi connectivity index (χ1v) is 15.4. The highest BCUT2D eigenvalue weighted by Crippen LogP contribution is 2.27. The van der Waals surface area contributed by atoms with E-state index in [0.29, 0.717) is 15.7 Å². The van der Waals surface area contributed by atoms with Gasteiger partial charge in [-0.1, -0.05) is 60.3 Å². The molecule has 1 fully saturated rings. The SMILES string of the molecule is Cc1cccc(N(CC(=O)N(Cc2cccc(Cl)c2)C(C)C(=O)NC2CCCC2)S(=O)(=O)c2ccc(Cl)cc2)c1. The quantitative estimate of drug-likeness (QED) is 0.310. The molecule has 0 aliphatic heterocycles. The van der Waals surface area contributed by atoms with Gasteiger partial charge in [0.2, 0.25) is 11.8 Å². The molecule has 0 radical (unpaired) electrons. The number of benzene rings is 3. The maximum atomic E-state index is 14.0. The Hall–Kier alpha value is -3.07. The van der Waals surface area contributed by atoms with E-state index in [4.69, 9.17) is 23.2 Å². The van der Waals surface area contributed by atoms with Gasteiger partial charge < -0.3 is 10.2 Å². The molecule has 1 aliphatic rings. The lowest BCUT2D eigenvalue weighted by molar-refractivity contribution is -0.139. The van der Waals surface area contributed by atoms with E-state index in [1.54, 1.807) is 43.3 Å². The first-order valence-electron chi connectivity index (χ1n) is 13.2. The van der Waals surface area contributed by atoms with E-state index in [1.165, 1.54) is 29.2 Å². The van der Waals surface area contributed by atoms with E-state index < -0.39 is 28.5 Å². The van der Waals surface area contributed by atoms with Crippen molar-refractivity contribution in [3.05, 3.63) is 94.0 Å². The number of sulfonamides is 1. The van der Waals surface area contributed by atoms with Gasteiger partial charge in [-0.25, -0.2) is 8.42 Å². The highest BCUT2D eigenvalue weighted by molar-refractivity contribution is 7.92. The van der Waals surface area contributed by atoms with Crippen molar-refractivity contribution in [2.45, 2.75) is 63.1 Å². The molecule has 4 rings (SSSR count). The number of nitrogens with one attached hydrogen (secondary N) is 1. The highest BCUT2D eigenvalue weighted by Gasteiger charge is 2.33. The molecule has 0 spiro atoms. The van der Waals surface area contributed by atoms with Crippen LogP contribution in [-0.2, 0) is 26.2 Å². The first kappa shape index (κ1) is 29.9. The molecular weight excluding hydrogens is 569 g/mol. The predicted octanol–water partition coefficient (Wildman–Crippen LogP) is 5.97. The van der Waals surface area contributed by atoms with Gasteiger partial charge >= 0.3 is 0 Å². The predicted molar refractivity (Wildman–Crippen MR) is 159 cm³/mol. The van der Waals surface area contributed by atoms with Gasteiger partial charge in [0.25, 0.3) is 10.0 Å². The minimum Gasteiger partial charge on any atom is -0.352 e. The van der Waals surface area contributed by atoms with Crippen LogP contribution in [0, 0.1) is 6.92 Å². The minimum absolute atomic E-state index is 0.000350. The third-order valence-corrected chi connectivity index (χ3v) is 9.36.